The maximum Gasteiger partial charge on any atom is 0.263 e. The summed E-state index contributed by atoms with van der Waals surface area (Å²) in [5.74, 6) is 0.116. The number of rotatable bonds is 6. The highest BCUT2D eigenvalue weighted by Gasteiger charge is 2.17. The summed E-state index contributed by atoms with van der Waals surface area (Å²) in [6.45, 7) is 2.73. The van der Waals surface area contributed by atoms with Crippen LogP contribution in [0.15, 0.2) is 18.2 Å². The van der Waals surface area contributed by atoms with Crippen LogP contribution in [0.2, 0.25) is 5.02 Å². The number of thiophene rings is 1. The number of carbonyl (C=O) groups is 1. The molecule has 6 heteroatoms. The van der Waals surface area contributed by atoms with E-state index in [0.717, 1.165) is 16.5 Å². The molecule has 0 radical (unpaired) electrons. The van der Waals surface area contributed by atoms with Gasteiger partial charge in [0, 0.05) is 28.3 Å². The SMILES string of the molecule is CCC(CCO)CNC(=O)c1sc2cc(Cl)ccc2c1N. The third-order valence-electron chi connectivity index (χ3n) is 3.56. The molecule has 2 aromatic rings. The average molecular weight is 327 g/mol. The lowest BCUT2D eigenvalue weighted by Crippen LogP contribution is -2.29. The summed E-state index contributed by atoms with van der Waals surface area (Å²) in [5, 5.41) is 13.4. The van der Waals surface area contributed by atoms with E-state index in [2.05, 4.69) is 5.32 Å². The van der Waals surface area contributed by atoms with Crippen LogP contribution < -0.4 is 11.1 Å². The smallest absolute Gasteiger partial charge is 0.263 e. The van der Waals surface area contributed by atoms with Crippen LogP contribution in [0.5, 0.6) is 0 Å². The Kier molecular flexibility index (Phi) is 5.45. The molecule has 1 aromatic heterocycles. The lowest BCUT2D eigenvalue weighted by molar-refractivity contribution is 0.0948. The second kappa shape index (κ2) is 7.11. The van der Waals surface area contributed by atoms with E-state index in [-0.39, 0.29) is 18.4 Å². The van der Waals surface area contributed by atoms with Crippen molar-refractivity contribution in [1.82, 2.24) is 5.32 Å². The van der Waals surface area contributed by atoms with Gasteiger partial charge in [-0.25, -0.2) is 0 Å². The fourth-order valence-corrected chi connectivity index (χ4v) is 3.52. The lowest BCUT2D eigenvalue weighted by Gasteiger charge is -2.13. The Morgan fingerprint density at radius 1 is 1.52 bits per heavy atom. The highest BCUT2D eigenvalue weighted by molar-refractivity contribution is 7.21. The van der Waals surface area contributed by atoms with E-state index in [1.54, 1.807) is 6.07 Å². The molecule has 0 aliphatic carbocycles. The zero-order valence-electron chi connectivity index (χ0n) is 11.9. The maximum atomic E-state index is 12.3. The molecular formula is C15H19ClN2O2S. The van der Waals surface area contributed by atoms with Crippen molar-refractivity contribution in [3.8, 4) is 0 Å². The van der Waals surface area contributed by atoms with Crippen molar-refractivity contribution in [2.75, 3.05) is 18.9 Å². The van der Waals surface area contributed by atoms with E-state index in [0.29, 0.717) is 28.6 Å². The standard InChI is InChI=1S/C15H19ClN2O2S/c1-2-9(5-6-19)8-18-15(20)14-13(17)11-4-3-10(16)7-12(11)21-14/h3-4,7,9,19H,2,5-6,8,17H2,1H3,(H,18,20). The zero-order chi connectivity index (χ0) is 15.4. The van der Waals surface area contributed by atoms with Gasteiger partial charge in [0.15, 0.2) is 0 Å². The van der Waals surface area contributed by atoms with Crippen molar-refractivity contribution in [2.24, 2.45) is 5.92 Å². The minimum Gasteiger partial charge on any atom is -0.397 e. The lowest BCUT2D eigenvalue weighted by atomic mass is 10.0. The van der Waals surface area contributed by atoms with Crippen molar-refractivity contribution < 1.29 is 9.90 Å². The molecule has 114 valence electrons. The van der Waals surface area contributed by atoms with Gasteiger partial charge < -0.3 is 16.2 Å². The van der Waals surface area contributed by atoms with Crippen molar-refractivity contribution >= 4 is 44.6 Å². The molecule has 1 amide bonds. The average Bonchev–Trinajstić information content (AvgIpc) is 2.79. The number of nitrogens with one attached hydrogen (secondary N) is 1. The molecule has 0 saturated heterocycles. The van der Waals surface area contributed by atoms with E-state index in [1.807, 2.05) is 19.1 Å². The quantitative estimate of drug-likeness (QED) is 0.762. The third kappa shape index (κ3) is 3.67. The minimum absolute atomic E-state index is 0.137. The van der Waals surface area contributed by atoms with Gasteiger partial charge in [0.2, 0.25) is 0 Å². The van der Waals surface area contributed by atoms with Crippen molar-refractivity contribution in [1.29, 1.82) is 0 Å². The molecule has 0 spiro atoms. The van der Waals surface area contributed by atoms with Crippen molar-refractivity contribution in [3.05, 3.63) is 28.1 Å². The summed E-state index contributed by atoms with van der Waals surface area (Å²) in [7, 11) is 0. The van der Waals surface area contributed by atoms with Crippen LogP contribution in [0, 0.1) is 5.92 Å². The van der Waals surface area contributed by atoms with Gasteiger partial charge in [0.1, 0.15) is 4.88 Å². The van der Waals surface area contributed by atoms with Gasteiger partial charge in [-0.3, -0.25) is 4.79 Å². The summed E-state index contributed by atoms with van der Waals surface area (Å²) in [6.07, 6.45) is 1.60. The second-order valence-corrected chi connectivity index (χ2v) is 6.47. The van der Waals surface area contributed by atoms with Gasteiger partial charge in [-0.2, -0.15) is 0 Å². The Morgan fingerprint density at radius 3 is 2.95 bits per heavy atom. The Labute approximate surface area is 132 Å². The third-order valence-corrected chi connectivity index (χ3v) is 4.96. The highest BCUT2D eigenvalue weighted by atomic mass is 35.5. The van der Waals surface area contributed by atoms with Crippen LogP contribution in [0.1, 0.15) is 29.4 Å². The molecular weight excluding hydrogens is 308 g/mol. The van der Waals surface area contributed by atoms with E-state index in [1.165, 1.54) is 11.3 Å². The molecule has 1 atom stereocenters. The Balaban J connectivity index is 2.14. The van der Waals surface area contributed by atoms with Crippen molar-refractivity contribution in [2.45, 2.75) is 19.8 Å². The Bertz CT molecular complexity index is 642. The first-order valence-corrected chi connectivity index (χ1v) is 8.12. The number of anilines is 1. The number of fused-ring (bicyclic) bond motifs is 1. The van der Waals surface area contributed by atoms with Gasteiger partial charge in [-0.05, 0) is 30.5 Å². The zero-order valence-corrected chi connectivity index (χ0v) is 13.4. The number of nitrogens with two attached hydrogens (primary N) is 1. The second-order valence-electron chi connectivity index (χ2n) is 4.98. The molecule has 1 aromatic carbocycles. The Morgan fingerprint density at radius 2 is 2.29 bits per heavy atom. The van der Waals surface area contributed by atoms with Gasteiger partial charge in [-0.1, -0.05) is 24.9 Å². The number of nitrogen functional groups attached to an aromatic ring is 1. The number of halogens is 1. The van der Waals surface area contributed by atoms with E-state index in [9.17, 15) is 4.79 Å². The molecule has 0 fully saturated rings. The molecule has 0 aliphatic heterocycles. The number of carbonyl (C=O) groups excluding carboxylic acids is 1. The first-order chi connectivity index (χ1) is 10.1. The molecule has 4 nitrogen and oxygen atoms in total. The minimum atomic E-state index is -0.166. The molecule has 21 heavy (non-hydrogen) atoms. The molecule has 0 saturated carbocycles. The summed E-state index contributed by atoms with van der Waals surface area (Å²) in [4.78, 5) is 12.8. The van der Waals surface area contributed by atoms with Gasteiger partial charge in [-0.15, -0.1) is 11.3 Å². The first kappa shape index (κ1) is 16.1. The number of hydrogen-bond donors (Lipinski definition) is 3. The van der Waals surface area contributed by atoms with Gasteiger partial charge >= 0.3 is 0 Å². The predicted octanol–water partition coefficient (Wildman–Crippen LogP) is 3.28. The van der Waals surface area contributed by atoms with E-state index in [4.69, 9.17) is 22.4 Å². The summed E-state index contributed by atoms with van der Waals surface area (Å²) in [6, 6.07) is 5.42. The normalized spacial score (nSPS) is 12.5. The number of aliphatic hydroxyl groups is 1. The van der Waals surface area contributed by atoms with Gasteiger partial charge in [0.05, 0.1) is 5.69 Å². The molecule has 2 rings (SSSR count). The van der Waals surface area contributed by atoms with Crippen LogP contribution in [0.25, 0.3) is 10.1 Å². The number of hydrogen-bond acceptors (Lipinski definition) is 4. The topological polar surface area (TPSA) is 75.3 Å². The molecule has 4 N–H and O–H groups in total. The van der Waals surface area contributed by atoms with Crippen molar-refractivity contribution in [3.63, 3.8) is 0 Å². The van der Waals surface area contributed by atoms with Crippen LogP contribution in [-0.2, 0) is 0 Å². The highest BCUT2D eigenvalue weighted by Crippen LogP contribution is 2.35. The van der Waals surface area contributed by atoms with Crippen LogP contribution >= 0.6 is 22.9 Å². The number of aliphatic hydroxyl groups excluding tert-OH is 1. The maximum absolute atomic E-state index is 12.3. The predicted molar refractivity (Wildman–Crippen MR) is 89.1 cm³/mol. The fourth-order valence-electron chi connectivity index (χ4n) is 2.21. The van der Waals surface area contributed by atoms with Crippen LogP contribution in [-0.4, -0.2) is 24.2 Å². The van der Waals surface area contributed by atoms with Crippen LogP contribution in [0.3, 0.4) is 0 Å². The molecule has 1 heterocycles. The van der Waals surface area contributed by atoms with E-state index < -0.39 is 0 Å². The Hall–Kier alpha value is -1.30. The molecule has 0 aliphatic rings. The first-order valence-electron chi connectivity index (χ1n) is 6.93. The fraction of sp³-hybridized carbons (Fsp3) is 0.400. The monoisotopic (exact) mass is 326 g/mol. The number of benzene rings is 1. The summed E-state index contributed by atoms with van der Waals surface area (Å²) >= 11 is 7.31. The summed E-state index contributed by atoms with van der Waals surface area (Å²) in [5.41, 5.74) is 6.55. The molecule has 0 bridgehead atoms. The summed E-state index contributed by atoms with van der Waals surface area (Å²) < 4.78 is 0.910. The largest absolute Gasteiger partial charge is 0.397 e. The number of amides is 1. The van der Waals surface area contributed by atoms with Crippen LogP contribution in [0.4, 0.5) is 5.69 Å². The van der Waals surface area contributed by atoms with Gasteiger partial charge in [0.25, 0.3) is 5.91 Å². The molecule has 1 unspecified atom stereocenters. The van der Waals surface area contributed by atoms with E-state index >= 15 is 0 Å².